The molecule has 1 atom stereocenters. The molecule has 1 aromatic carbocycles. The average molecular weight is 482 g/mol. The molecule has 0 aliphatic heterocycles. The maximum atomic E-state index is 13.8. The van der Waals surface area contributed by atoms with Crippen LogP contribution in [0.1, 0.15) is 33.9 Å². The summed E-state index contributed by atoms with van der Waals surface area (Å²) in [7, 11) is -2.51. The Morgan fingerprint density at radius 2 is 1.94 bits per heavy atom. The molecule has 10 nitrogen and oxygen atoms in total. The number of fused-ring (bicyclic) bond motifs is 1. The highest BCUT2D eigenvalue weighted by Gasteiger charge is 2.32. The molecule has 4 aromatic rings. The van der Waals surface area contributed by atoms with Crippen LogP contribution in [0.15, 0.2) is 66.0 Å². The molecule has 0 saturated heterocycles. The van der Waals surface area contributed by atoms with Crippen molar-refractivity contribution in [1.29, 1.82) is 0 Å². The van der Waals surface area contributed by atoms with Crippen LogP contribution >= 0.6 is 0 Å². The summed E-state index contributed by atoms with van der Waals surface area (Å²) in [6, 6.07) is 11.1. The zero-order valence-corrected chi connectivity index (χ0v) is 19.6. The Kier molecular flexibility index (Phi) is 6.46. The van der Waals surface area contributed by atoms with Gasteiger partial charge in [0.05, 0.1) is 24.3 Å². The average Bonchev–Trinajstić information content (AvgIpc) is 3.23. The number of ether oxygens (including phenoxy) is 2. The first-order valence-corrected chi connectivity index (χ1v) is 12.0. The first kappa shape index (κ1) is 23.2. The lowest BCUT2D eigenvalue weighted by Crippen LogP contribution is -2.25. The Balaban J connectivity index is 1.89. The topological polar surface area (TPSA) is 125 Å². The molecule has 34 heavy (non-hydrogen) atoms. The Morgan fingerprint density at radius 1 is 1.18 bits per heavy atom. The van der Waals surface area contributed by atoms with Gasteiger partial charge in [0.15, 0.2) is 11.0 Å². The van der Waals surface area contributed by atoms with Crippen molar-refractivity contribution in [3.63, 3.8) is 0 Å². The number of carbonyl (C=O) groups excluding carboxylic acids is 1. The Hall–Kier alpha value is -3.99. The molecule has 176 valence electrons. The number of sulfone groups is 1. The molecular weight excluding hydrogens is 458 g/mol. The van der Waals surface area contributed by atoms with Crippen molar-refractivity contribution < 1.29 is 22.7 Å². The molecule has 0 aliphatic carbocycles. The van der Waals surface area contributed by atoms with Gasteiger partial charge in [0, 0.05) is 30.2 Å². The third-order valence-corrected chi connectivity index (χ3v) is 6.99. The summed E-state index contributed by atoms with van der Waals surface area (Å²) >= 11 is 0. The largest absolute Gasteiger partial charge is 0.497 e. The fourth-order valence-corrected chi connectivity index (χ4v) is 4.99. The van der Waals surface area contributed by atoms with E-state index in [0.717, 1.165) is 0 Å². The number of hydrogen-bond donors (Lipinski definition) is 1. The lowest BCUT2D eigenvalue weighted by Gasteiger charge is -2.22. The van der Waals surface area contributed by atoms with Crippen LogP contribution in [0, 0.1) is 6.92 Å². The first-order chi connectivity index (χ1) is 16.3. The normalized spacial score (nSPS) is 12.3. The second kappa shape index (κ2) is 9.48. The Labute approximate surface area is 196 Å². The van der Waals surface area contributed by atoms with E-state index in [1.807, 2.05) is 0 Å². The van der Waals surface area contributed by atoms with Crippen molar-refractivity contribution in [2.45, 2.75) is 24.1 Å². The molecule has 4 rings (SSSR count). The van der Waals surface area contributed by atoms with Crippen LogP contribution in [0.5, 0.6) is 5.75 Å². The number of aryl methyl sites for hydroxylation is 1. The second-order valence-corrected chi connectivity index (χ2v) is 9.36. The van der Waals surface area contributed by atoms with Crippen molar-refractivity contribution in [2.24, 2.45) is 0 Å². The van der Waals surface area contributed by atoms with E-state index in [0.29, 0.717) is 22.7 Å². The van der Waals surface area contributed by atoms with Gasteiger partial charge in [-0.1, -0.05) is 6.07 Å². The molecule has 0 spiro atoms. The number of carbonyl (C=O) groups is 1. The van der Waals surface area contributed by atoms with Gasteiger partial charge in [0.2, 0.25) is 9.84 Å². The Morgan fingerprint density at radius 3 is 2.59 bits per heavy atom. The molecule has 3 aromatic heterocycles. The number of pyridine rings is 1. The monoisotopic (exact) mass is 481 g/mol. The van der Waals surface area contributed by atoms with Crippen LogP contribution in [0.25, 0.3) is 5.65 Å². The maximum absolute atomic E-state index is 13.8. The predicted molar refractivity (Wildman–Crippen MR) is 124 cm³/mol. The standard InChI is InChI=1S/C23H23N5O5S/c1-4-33-23(29)19-14-25-20-12-15(2)27-28(20)21(19)26-22(16-6-5-11-24-13-16)34(30,31)18-9-7-17(32-3)8-10-18/h5-14,22,26H,4H2,1-3H3. The van der Waals surface area contributed by atoms with Gasteiger partial charge in [-0.3, -0.25) is 4.98 Å². The summed E-state index contributed by atoms with van der Waals surface area (Å²) < 4.78 is 39.3. The van der Waals surface area contributed by atoms with Crippen molar-refractivity contribution >= 4 is 27.3 Å². The molecular formula is C23H23N5O5S. The summed E-state index contributed by atoms with van der Waals surface area (Å²) in [5.74, 6) is 0.0131. The predicted octanol–water partition coefficient (Wildman–Crippen LogP) is 3.20. The van der Waals surface area contributed by atoms with Gasteiger partial charge in [-0.05, 0) is 44.2 Å². The smallest absolute Gasteiger partial charge is 0.343 e. The molecule has 1 N–H and O–H groups in total. The van der Waals surface area contributed by atoms with Crippen LogP contribution in [0.4, 0.5) is 5.82 Å². The van der Waals surface area contributed by atoms with Gasteiger partial charge >= 0.3 is 5.97 Å². The number of esters is 1. The lowest BCUT2D eigenvalue weighted by molar-refractivity contribution is 0.0526. The van der Waals surface area contributed by atoms with Crippen molar-refractivity contribution in [1.82, 2.24) is 19.6 Å². The zero-order chi connectivity index (χ0) is 24.3. The molecule has 0 aliphatic rings. The number of anilines is 1. The van der Waals surface area contributed by atoms with E-state index in [1.165, 1.54) is 36.2 Å². The van der Waals surface area contributed by atoms with E-state index >= 15 is 0 Å². The number of nitrogens with zero attached hydrogens (tertiary/aromatic N) is 4. The van der Waals surface area contributed by atoms with Crippen LogP contribution in [0.2, 0.25) is 0 Å². The lowest BCUT2D eigenvalue weighted by atomic mass is 10.2. The van der Waals surface area contributed by atoms with E-state index in [-0.39, 0.29) is 22.9 Å². The minimum Gasteiger partial charge on any atom is -0.497 e. The molecule has 1 unspecified atom stereocenters. The molecule has 3 heterocycles. The van der Waals surface area contributed by atoms with E-state index in [1.54, 1.807) is 50.4 Å². The Bertz CT molecular complexity index is 1420. The highest BCUT2D eigenvalue weighted by molar-refractivity contribution is 7.91. The molecule has 0 saturated carbocycles. The summed E-state index contributed by atoms with van der Waals surface area (Å²) in [6.07, 6.45) is 4.35. The number of benzene rings is 1. The quantitative estimate of drug-likeness (QED) is 0.378. The summed E-state index contributed by atoms with van der Waals surface area (Å²) in [5, 5.41) is 6.13. The van der Waals surface area contributed by atoms with Crippen LogP contribution in [-0.4, -0.2) is 47.7 Å². The minimum atomic E-state index is -4.01. The van der Waals surface area contributed by atoms with Gasteiger partial charge in [0.1, 0.15) is 17.1 Å². The van der Waals surface area contributed by atoms with Crippen molar-refractivity contribution in [2.75, 3.05) is 19.0 Å². The van der Waals surface area contributed by atoms with Gasteiger partial charge in [0.25, 0.3) is 0 Å². The highest BCUT2D eigenvalue weighted by Crippen LogP contribution is 2.32. The van der Waals surface area contributed by atoms with Gasteiger partial charge in [-0.15, -0.1) is 0 Å². The first-order valence-electron chi connectivity index (χ1n) is 10.4. The molecule has 11 heteroatoms. The van der Waals surface area contributed by atoms with E-state index < -0.39 is 21.2 Å². The van der Waals surface area contributed by atoms with E-state index in [2.05, 4.69) is 20.4 Å². The SMILES string of the molecule is CCOC(=O)c1cnc2cc(C)nn2c1NC(c1cccnc1)S(=O)(=O)c1ccc(OC)cc1. The number of nitrogens with one attached hydrogen (secondary N) is 1. The summed E-state index contributed by atoms with van der Waals surface area (Å²) in [4.78, 5) is 21.1. The zero-order valence-electron chi connectivity index (χ0n) is 18.8. The molecule has 0 fully saturated rings. The summed E-state index contributed by atoms with van der Waals surface area (Å²) in [6.45, 7) is 3.60. The fraction of sp³-hybridized carbons (Fsp3) is 0.217. The van der Waals surface area contributed by atoms with Crippen LogP contribution in [-0.2, 0) is 14.6 Å². The molecule has 0 radical (unpaired) electrons. The number of methoxy groups -OCH3 is 1. The molecule has 0 bridgehead atoms. The number of hydrogen-bond acceptors (Lipinski definition) is 9. The third kappa shape index (κ3) is 4.42. The van der Waals surface area contributed by atoms with Crippen molar-refractivity contribution in [3.8, 4) is 5.75 Å². The highest BCUT2D eigenvalue weighted by atomic mass is 32.2. The van der Waals surface area contributed by atoms with Gasteiger partial charge in [-0.25, -0.2) is 18.2 Å². The van der Waals surface area contributed by atoms with E-state index in [9.17, 15) is 13.2 Å². The fourth-order valence-electron chi connectivity index (χ4n) is 3.44. The third-order valence-electron chi connectivity index (χ3n) is 5.05. The second-order valence-electron chi connectivity index (χ2n) is 7.33. The molecule has 0 amide bonds. The van der Waals surface area contributed by atoms with Gasteiger partial charge in [-0.2, -0.15) is 9.61 Å². The van der Waals surface area contributed by atoms with Crippen molar-refractivity contribution in [3.05, 3.63) is 77.9 Å². The number of rotatable bonds is 8. The van der Waals surface area contributed by atoms with Crippen LogP contribution in [0.3, 0.4) is 0 Å². The van der Waals surface area contributed by atoms with Crippen LogP contribution < -0.4 is 10.1 Å². The maximum Gasteiger partial charge on any atom is 0.343 e. The summed E-state index contributed by atoms with van der Waals surface area (Å²) in [5.41, 5.74) is 1.52. The van der Waals surface area contributed by atoms with Gasteiger partial charge < -0.3 is 14.8 Å². The number of aromatic nitrogens is 4. The minimum absolute atomic E-state index is 0.0521. The van der Waals surface area contributed by atoms with E-state index in [4.69, 9.17) is 9.47 Å².